The van der Waals surface area contributed by atoms with Crippen LogP contribution in [0.4, 0.5) is 4.39 Å². The topological polar surface area (TPSA) is 69.7 Å². The minimum Gasteiger partial charge on any atom is -0.484 e. The molecule has 6 nitrogen and oxygen atoms in total. The number of aromatic nitrogens is 1. The van der Waals surface area contributed by atoms with E-state index in [1.807, 2.05) is 0 Å². The van der Waals surface area contributed by atoms with E-state index < -0.39 is 0 Å². The van der Waals surface area contributed by atoms with Crippen molar-refractivity contribution >= 4 is 27.5 Å². The van der Waals surface area contributed by atoms with E-state index in [1.165, 1.54) is 30.6 Å². The van der Waals surface area contributed by atoms with E-state index in [2.05, 4.69) is 15.3 Å². The number of carbonyl (C=O) groups is 1. The summed E-state index contributed by atoms with van der Waals surface area (Å²) in [7, 11) is 1.35. The monoisotopic (exact) mass is 348 g/mol. The van der Waals surface area contributed by atoms with Crippen molar-refractivity contribution in [1.82, 2.24) is 10.5 Å². The fraction of sp³-hybridized carbons (Fsp3) is 0.125. The molecule has 0 aliphatic rings. The van der Waals surface area contributed by atoms with Crippen LogP contribution >= 0.6 is 11.3 Å². The molecule has 0 unspecified atom stereocenters. The van der Waals surface area contributed by atoms with E-state index in [0.717, 1.165) is 0 Å². The van der Waals surface area contributed by atoms with Crippen LogP contribution < -0.4 is 15.0 Å². The smallest absolute Gasteiger partial charge is 0.281 e. The molecule has 24 heavy (non-hydrogen) atoms. The maximum atomic E-state index is 13.2. The van der Waals surface area contributed by atoms with Gasteiger partial charge < -0.3 is 9.47 Å². The van der Waals surface area contributed by atoms with E-state index >= 15 is 0 Å². The van der Waals surface area contributed by atoms with E-state index in [-0.39, 0.29) is 18.3 Å². The zero-order chi connectivity index (χ0) is 16.9. The number of rotatable bonds is 6. The molecule has 8 heteroatoms. The number of carbonyl (C=O) groups excluding carboxylic acids is 1. The number of nitrogens with one attached hydrogen (secondary N) is 1. The Kier molecular flexibility index (Phi) is 4.88. The van der Waals surface area contributed by atoms with Crippen LogP contribution in [0.5, 0.6) is 16.7 Å². The molecule has 3 rings (SSSR count). The van der Waals surface area contributed by atoms with Gasteiger partial charge in [-0.15, -0.1) is 0 Å². The summed E-state index contributed by atoms with van der Waals surface area (Å²) in [5.41, 5.74) is 2.84. The summed E-state index contributed by atoms with van der Waals surface area (Å²) in [6.45, 7) is -0.155. The van der Waals surface area contributed by atoms with Gasteiger partial charge in [0.1, 0.15) is 17.3 Å². The Balaban J connectivity index is 1.63. The zero-order valence-corrected chi connectivity index (χ0v) is 13.4. The molecule has 0 atom stereocenters. The Labute approximate surface area is 140 Å². The van der Waals surface area contributed by atoms with Gasteiger partial charge in [-0.05, 0) is 42.5 Å². The van der Waals surface area contributed by atoms with Crippen LogP contribution in [0.15, 0.2) is 42.5 Å². The van der Waals surface area contributed by atoms with Crippen LogP contribution in [0.1, 0.15) is 0 Å². The second kappa shape index (κ2) is 7.24. The number of hydrogen-bond donors (Lipinski definition) is 1. The Morgan fingerprint density at radius 1 is 1.21 bits per heavy atom. The van der Waals surface area contributed by atoms with Gasteiger partial charge >= 0.3 is 0 Å². The molecular formula is C16H13FN2O4S. The predicted molar refractivity (Wildman–Crippen MR) is 86.7 cm³/mol. The minimum atomic E-state index is -0.389. The summed E-state index contributed by atoms with van der Waals surface area (Å²) in [4.78, 5) is 20.0. The molecule has 0 spiro atoms. The molecule has 0 bridgehead atoms. The van der Waals surface area contributed by atoms with E-state index in [1.54, 1.807) is 30.3 Å². The first kappa shape index (κ1) is 16.2. The van der Waals surface area contributed by atoms with Crippen molar-refractivity contribution < 1.29 is 23.5 Å². The van der Waals surface area contributed by atoms with Crippen molar-refractivity contribution in [2.75, 3.05) is 13.7 Å². The van der Waals surface area contributed by atoms with E-state index in [4.69, 9.17) is 9.47 Å². The fourth-order valence-electron chi connectivity index (χ4n) is 1.92. The first-order chi connectivity index (χ1) is 11.6. The Morgan fingerprint density at radius 2 is 1.96 bits per heavy atom. The second-order valence-electron chi connectivity index (χ2n) is 4.68. The average Bonchev–Trinajstić information content (AvgIpc) is 2.96. The molecular weight excluding hydrogens is 335 g/mol. The van der Waals surface area contributed by atoms with Gasteiger partial charge in [-0.25, -0.2) is 14.9 Å². The molecule has 1 amide bonds. The van der Waals surface area contributed by atoms with Crippen molar-refractivity contribution in [3.63, 3.8) is 0 Å². The molecule has 0 fully saturated rings. The highest BCUT2D eigenvalue weighted by molar-refractivity contribution is 7.20. The third-order valence-corrected chi connectivity index (χ3v) is 3.84. The van der Waals surface area contributed by atoms with E-state index in [0.29, 0.717) is 26.9 Å². The number of halogens is 1. The largest absolute Gasteiger partial charge is 0.484 e. The van der Waals surface area contributed by atoms with Gasteiger partial charge in [-0.3, -0.25) is 9.63 Å². The number of benzene rings is 2. The summed E-state index contributed by atoms with van der Waals surface area (Å²) >= 11 is 1.26. The standard InChI is InChI=1S/C16H13FN2O4S/c1-21-19-15(20)9-22-11-3-5-12(6-4-11)23-16-18-13-7-2-10(17)8-14(13)24-16/h2-8H,9H2,1H3,(H,19,20). The molecule has 1 N–H and O–H groups in total. The normalized spacial score (nSPS) is 10.6. The van der Waals surface area contributed by atoms with Gasteiger partial charge in [0.25, 0.3) is 11.1 Å². The Bertz CT molecular complexity index is 851. The van der Waals surface area contributed by atoms with Gasteiger partial charge in [0, 0.05) is 0 Å². The Hall–Kier alpha value is -2.71. The van der Waals surface area contributed by atoms with Gasteiger partial charge in [0.05, 0.1) is 17.3 Å². The van der Waals surface area contributed by atoms with Crippen molar-refractivity contribution in [1.29, 1.82) is 0 Å². The van der Waals surface area contributed by atoms with Gasteiger partial charge in [0.2, 0.25) is 0 Å². The molecule has 0 aliphatic heterocycles. The van der Waals surface area contributed by atoms with Crippen molar-refractivity contribution in [3.8, 4) is 16.7 Å². The molecule has 1 aromatic heterocycles. The van der Waals surface area contributed by atoms with Crippen LogP contribution in [0.25, 0.3) is 10.2 Å². The summed E-state index contributed by atoms with van der Waals surface area (Å²) < 4.78 is 24.8. The molecule has 1 heterocycles. The number of nitrogens with zero attached hydrogens (tertiary/aromatic N) is 1. The van der Waals surface area contributed by atoms with Crippen LogP contribution in [0.3, 0.4) is 0 Å². The lowest BCUT2D eigenvalue weighted by Gasteiger charge is -2.06. The lowest BCUT2D eigenvalue weighted by molar-refractivity contribution is -0.133. The van der Waals surface area contributed by atoms with Crippen LogP contribution in [-0.2, 0) is 9.63 Å². The van der Waals surface area contributed by atoms with Gasteiger partial charge in [0.15, 0.2) is 6.61 Å². The number of thiazole rings is 1. The average molecular weight is 348 g/mol. The SMILES string of the molecule is CONC(=O)COc1ccc(Oc2nc3ccc(F)cc3s2)cc1. The van der Waals surface area contributed by atoms with Crippen LogP contribution in [0.2, 0.25) is 0 Å². The fourth-order valence-corrected chi connectivity index (χ4v) is 2.78. The number of hydrogen-bond acceptors (Lipinski definition) is 6. The lowest BCUT2D eigenvalue weighted by Crippen LogP contribution is -2.27. The van der Waals surface area contributed by atoms with Crippen molar-refractivity contribution in [3.05, 3.63) is 48.3 Å². The predicted octanol–water partition coefficient (Wildman–Crippen LogP) is 3.28. The molecule has 0 radical (unpaired) electrons. The first-order valence-corrected chi connectivity index (χ1v) is 7.74. The number of fused-ring (bicyclic) bond motifs is 1. The third-order valence-electron chi connectivity index (χ3n) is 2.95. The zero-order valence-electron chi connectivity index (χ0n) is 12.6. The summed E-state index contributed by atoms with van der Waals surface area (Å²) in [5.74, 6) is 0.374. The number of ether oxygens (including phenoxy) is 2. The molecule has 2 aromatic carbocycles. The molecule has 0 aliphatic carbocycles. The maximum absolute atomic E-state index is 13.2. The summed E-state index contributed by atoms with van der Waals surface area (Å²) in [6.07, 6.45) is 0. The van der Waals surface area contributed by atoms with E-state index in [9.17, 15) is 9.18 Å². The molecule has 124 valence electrons. The highest BCUT2D eigenvalue weighted by Gasteiger charge is 2.07. The maximum Gasteiger partial charge on any atom is 0.281 e. The highest BCUT2D eigenvalue weighted by atomic mass is 32.1. The molecule has 3 aromatic rings. The first-order valence-electron chi connectivity index (χ1n) is 6.92. The third kappa shape index (κ3) is 3.98. The molecule has 0 saturated carbocycles. The van der Waals surface area contributed by atoms with Crippen molar-refractivity contribution in [2.24, 2.45) is 0 Å². The molecule has 0 saturated heterocycles. The summed E-state index contributed by atoms with van der Waals surface area (Å²) in [5, 5.41) is 0.420. The quantitative estimate of drug-likeness (QED) is 0.692. The van der Waals surface area contributed by atoms with Crippen LogP contribution in [0, 0.1) is 5.82 Å². The lowest BCUT2D eigenvalue weighted by atomic mass is 10.3. The number of amides is 1. The Morgan fingerprint density at radius 3 is 2.71 bits per heavy atom. The van der Waals surface area contributed by atoms with Gasteiger partial charge in [-0.2, -0.15) is 0 Å². The van der Waals surface area contributed by atoms with Crippen molar-refractivity contribution in [2.45, 2.75) is 0 Å². The number of hydroxylamine groups is 1. The highest BCUT2D eigenvalue weighted by Crippen LogP contribution is 2.32. The van der Waals surface area contributed by atoms with Gasteiger partial charge in [-0.1, -0.05) is 11.3 Å². The minimum absolute atomic E-state index is 0.155. The second-order valence-corrected chi connectivity index (χ2v) is 5.68. The summed E-state index contributed by atoms with van der Waals surface area (Å²) in [6, 6.07) is 11.1. The van der Waals surface area contributed by atoms with Crippen LogP contribution in [-0.4, -0.2) is 24.6 Å².